The summed E-state index contributed by atoms with van der Waals surface area (Å²) < 4.78 is 0. The fraction of sp³-hybridized carbons (Fsp3) is 0.0625. The molecule has 0 bridgehead atoms. The normalized spacial score (nSPS) is 12.2. The lowest BCUT2D eigenvalue weighted by molar-refractivity contribution is 1.29. The minimum absolute atomic E-state index is 1.12. The SMILES string of the molecule is Cc1ccc(N(c2cc3ccc4cccc5ccc(c2)c3c45)c2ccc(-c3ccc(N(c4ccc([Si](C)(C)C)cc4)c4cc5ccc6cccc7ccc(c4)c5c67)cc3)c3ccccc23)cc1. The lowest BCUT2D eigenvalue weighted by atomic mass is 9.93. The van der Waals surface area contributed by atoms with Crippen LogP contribution in [0, 0.1) is 6.92 Å². The van der Waals surface area contributed by atoms with E-state index < -0.39 is 8.07 Å². The second kappa shape index (κ2) is 15.0. The third kappa shape index (κ3) is 6.45. The Labute approximate surface area is 392 Å². The number of fused-ring (bicyclic) bond motifs is 1. The summed E-state index contributed by atoms with van der Waals surface area (Å²) >= 11 is 0. The molecule has 0 spiro atoms. The van der Waals surface area contributed by atoms with Crippen molar-refractivity contribution in [3.8, 4) is 11.1 Å². The molecule has 0 aliphatic rings. The highest BCUT2D eigenvalue weighted by molar-refractivity contribution is 6.88. The summed E-state index contributed by atoms with van der Waals surface area (Å²) in [4.78, 5) is 4.88. The van der Waals surface area contributed by atoms with Gasteiger partial charge in [0.1, 0.15) is 0 Å². The molecule has 0 amide bonds. The van der Waals surface area contributed by atoms with Crippen molar-refractivity contribution in [3.63, 3.8) is 0 Å². The van der Waals surface area contributed by atoms with Gasteiger partial charge in [0.05, 0.1) is 13.8 Å². The van der Waals surface area contributed by atoms with Gasteiger partial charge < -0.3 is 9.80 Å². The van der Waals surface area contributed by atoms with Crippen LogP contribution >= 0.6 is 0 Å². The maximum Gasteiger partial charge on any atom is 0.0775 e. The molecule has 0 aliphatic carbocycles. The Hall–Kier alpha value is -7.98. The first-order chi connectivity index (χ1) is 32.7. The Bertz CT molecular complexity index is 3890. The average molecular weight is 873 g/mol. The van der Waals surface area contributed by atoms with E-state index >= 15 is 0 Å². The van der Waals surface area contributed by atoms with Gasteiger partial charge in [0.25, 0.3) is 0 Å². The molecule has 13 aromatic carbocycles. The van der Waals surface area contributed by atoms with E-state index in [9.17, 15) is 0 Å². The predicted molar refractivity (Wildman–Crippen MR) is 294 cm³/mol. The molecular formula is C64H48N2Si. The molecule has 0 heterocycles. The number of hydrogen-bond donors (Lipinski definition) is 0. The molecule has 13 aromatic rings. The topological polar surface area (TPSA) is 6.48 Å². The first kappa shape index (κ1) is 39.4. The van der Waals surface area contributed by atoms with Crippen molar-refractivity contribution in [2.75, 3.05) is 9.80 Å². The first-order valence-corrected chi connectivity index (χ1v) is 27.0. The van der Waals surface area contributed by atoms with E-state index in [1.54, 1.807) is 0 Å². The van der Waals surface area contributed by atoms with Gasteiger partial charge >= 0.3 is 0 Å². The zero-order valence-corrected chi connectivity index (χ0v) is 39.2. The first-order valence-electron chi connectivity index (χ1n) is 23.5. The Balaban J connectivity index is 0.938. The fourth-order valence-corrected chi connectivity index (χ4v) is 12.1. The number of rotatable bonds is 8. The average Bonchev–Trinajstić information content (AvgIpc) is 3.36. The summed E-state index contributed by atoms with van der Waals surface area (Å²) in [6.07, 6.45) is 0. The molecule has 0 aliphatic heterocycles. The largest absolute Gasteiger partial charge is 0.310 e. The maximum atomic E-state index is 2.45. The number of aryl methyl sites for hydroxylation is 1. The van der Waals surface area contributed by atoms with Crippen LogP contribution in [0.2, 0.25) is 19.6 Å². The number of benzene rings is 13. The van der Waals surface area contributed by atoms with Gasteiger partial charge in [-0.3, -0.25) is 0 Å². The molecule has 3 heteroatoms. The molecule has 318 valence electrons. The molecule has 0 saturated carbocycles. The Morgan fingerprint density at radius 1 is 0.313 bits per heavy atom. The highest BCUT2D eigenvalue weighted by atomic mass is 28.3. The molecule has 2 nitrogen and oxygen atoms in total. The molecule has 0 radical (unpaired) electrons. The maximum absolute atomic E-state index is 2.45. The van der Waals surface area contributed by atoms with Crippen LogP contribution in [0.25, 0.3) is 86.5 Å². The highest BCUT2D eigenvalue weighted by Crippen LogP contribution is 2.46. The molecule has 13 rings (SSSR count). The summed E-state index contributed by atoms with van der Waals surface area (Å²) in [7, 11) is -1.50. The van der Waals surface area contributed by atoms with Crippen LogP contribution in [0.15, 0.2) is 218 Å². The zero-order chi connectivity index (χ0) is 45.0. The van der Waals surface area contributed by atoms with Gasteiger partial charge in [0.2, 0.25) is 0 Å². The van der Waals surface area contributed by atoms with Gasteiger partial charge in [-0.05, 0) is 155 Å². The van der Waals surface area contributed by atoms with Crippen molar-refractivity contribution in [3.05, 3.63) is 224 Å². The summed E-state index contributed by atoms with van der Waals surface area (Å²) in [6, 6.07) is 82.1. The number of anilines is 6. The Morgan fingerprint density at radius 3 is 1.21 bits per heavy atom. The highest BCUT2D eigenvalue weighted by Gasteiger charge is 2.22. The van der Waals surface area contributed by atoms with Crippen LogP contribution in [0.5, 0.6) is 0 Å². The van der Waals surface area contributed by atoms with Gasteiger partial charge in [0, 0.05) is 33.8 Å². The Morgan fingerprint density at radius 2 is 0.716 bits per heavy atom. The smallest absolute Gasteiger partial charge is 0.0775 e. The second-order valence-electron chi connectivity index (χ2n) is 19.5. The monoisotopic (exact) mass is 872 g/mol. The number of nitrogens with zero attached hydrogens (tertiary/aromatic N) is 2. The minimum atomic E-state index is -1.50. The van der Waals surface area contributed by atoms with Gasteiger partial charge in [-0.1, -0.05) is 182 Å². The van der Waals surface area contributed by atoms with E-state index in [0.29, 0.717) is 0 Å². The van der Waals surface area contributed by atoms with Crippen LogP contribution in [0.4, 0.5) is 34.1 Å². The van der Waals surface area contributed by atoms with Crippen molar-refractivity contribution in [2.45, 2.75) is 26.6 Å². The van der Waals surface area contributed by atoms with E-state index in [-0.39, 0.29) is 0 Å². The van der Waals surface area contributed by atoms with Gasteiger partial charge in [0.15, 0.2) is 0 Å². The Kier molecular flexibility index (Phi) is 8.84. The summed E-state index contributed by atoms with van der Waals surface area (Å²) in [6.45, 7) is 9.41. The molecule has 0 fully saturated rings. The predicted octanol–water partition coefficient (Wildman–Crippen LogP) is 18.1. The van der Waals surface area contributed by atoms with E-state index in [2.05, 4.69) is 255 Å². The molecule has 0 aromatic heterocycles. The third-order valence-corrected chi connectivity index (χ3v) is 16.3. The van der Waals surface area contributed by atoms with E-state index in [1.165, 1.54) is 97.3 Å². The van der Waals surface area contributed by atoms with Gasteiger partial charge in [-0.2, -0.15) is 0 Å². The lowest BCUT2D eigenvalue weighted by Crippen LogP contribution is -2.37. The second-order valence-corrected chi connectivity index (χ2v) is 24.6. The van der Waals surface area contributed by atoms with Crippen LogP contribution in [0.3, 0.4) is 0 Å². The van der Waals surface area contributed by atoms with Crippen LogP contribution in [-0.4, -0.2) is 8.07 Å². The van der Waals surface area contributed by atoms with Gasteiger partial charge in [-0.25, -0.2) is 0 Å². The lowest BCUT2D eigenvalue weighted by Gasteiger charge is -2.29. The van der Waals surface area contributed by atoms with Crippen LogP contribution < -0.4 is 15.0 Å². The van der Waals surface area contributed by atoms with Crippen LogP contribution in [-0.2, 0) is 0 Å². The van der Waals surface area contributed by atoms with Crippen molar-refractivity contribution in [1.29, 1.82) is 0 Å². The quantitative estimate of drug-likeness (QED) is 0.111. The summed E-state index contributed by atoms with van der Waals surface area (Å²) in [5.74, 6) is 0. The third-order valence-electron chi connectivity index (χ3n) is 14.3. The number of hydrogen-bond acceptors (Lipinski definition) is 2. The molecule has 67 heavy (non-hydrogen) atoms. The van der Waals surface area contributed by atoms with E-state index in [0.717, 1.165) is 34.1 Å². The zero-order valence-electron chi connectivity index (χ0n) is 38.2. The molecule has 0 saturated heterocycles. The van der Waals surface area contributed by atoms with Crippen molar-refractivity contribution in [1.82, 2.24) is 0 Å². The molecular weight excluding hydrogens is 825 g/mol. The molecule has 0 atom stereocenters. The molecule has 0 unspecified atom stereocenters. The van der Waals surface area contributed by atoms with E-state index in [1.807, 2.05) is 0 Å². The standard InChI is InChI=1S/C64H48N2Si/c1-41-15-27-53(28-16-41)66(55-39-49-23-19-45-11-8-12-46-20-24-50(40-55)64(49)62(45)46)60-36-35-57(58-13-5-6-14-59(58)60)42-25-29-51(30-26-42)65(52-31-33-56(34-32-52)67(2,3)4)54-37-47-21-17-43-9-7-10-44-18-22-48(38-54)63(47)61(43)44/h5-40H,1-4H3. The summed E-state index contributed by atoms with van der Waals surface area (Å²) in [5.41, 5.74) is 10.5. The van der Waals surface area contributed by atoms with Crippen LogP contribution in [0.1, 0.15) is 5.56 Å². The molecule has 0 N–H and O–H groups in total. The van der Waals surface area contributed by atoms with Crippen molar-refractivity contribution >= 4 is 123 Å². The minimum Gasteiger partial charge on any atom is -0.310 e. The van der Waals surface area contributed by atoms with E-state index in [4.69, 9.17) is 0 Å². The summed E-state index contributed by atoms with van der Waals surface area (Å²) in [5, 5.41) is 19.4. The van der Waals surface area contributed by atoms with Crippen molar-refractivity contribution < 1.29 is 0 Å². The van der Waals surface area contributed by atoms with Gasteiger partial charge in [-0.15, -0.1) is 0 Å². The van der Waals surface area contributed by atoms with Crippen molar-refractivity contribution in [2.24, 2.45) is 0 Å². The fourth-order valence-electron chi connectivity index (χ4n) is 10.9.